The van der Waals surface area contributed by atoms with Crippen LogP contribution in [0, 0.1) is 0 Å². The molecule has 0 N–H and O–H groups in total. The molecular formula is C20H33N3O3. The fraction of sp³-hybridized carbons (Fsp3) is 0.650. The largest absolute Gasteiger partial charge is 0.447 e. The van der Waals surface area contributed by atoms with Crippen molar-refractivity contribution in [2.24, 2.45) is 0 Å². The van der Waals surface area contributed by atoms with Crippen LogP contribution in [-0.4, -0.2) is 86.4 Å². The van der Waals surface area contributed by atoms with Crippen LogP contribution in [0.4, 0.5) is 4.79 Å². The second-order valence-corrected chi connectivity index (χ2v) is 6.50. The Hall–Kier alpha value is -1.63. The minimum atomic E-state index is -0.225. The van der Waals surface area contributed by atoms with Gasteiger partial charge in [0.05, 0.1) is 13.2 Å². The van der Waals surface area contributed by atoms with E-state index in [1.165, 1.54) is 5.56 Å². The van der Waals surface area contributed by atoms with Gasteiger partial charge in [-0.25, -0.2) is 4.79 Å². The number of hydrogen-bond acceptors (Lipinski definition) is 5. The van der Waals surface area contributed by atoms with Gasteiger partial charge in [-0.1, -0.05) is 44.2 Å². The molecule has 0 saturated carbocycles. The van der Waals surface area contributed by atoms with Gasteiger partial charge in [-0.15, -0.1) is 0 Å². The minimum absolute atomic E-state index is 0.225. The third-order valence-electron chi connectivity index (χ3n) is 4.78. The second kappa shape index (κ2) is 11.9. The zero-order valence-electron chi connectivity index (χ0n) is 16.2. The molecule has 1 heterocycles. The molecular weight excluding hydrogens is 330 g/mol. The molecule has 1 fully saturated rings. The van der Waals surface area contributed by atoms with E-state index in [9.17, 15) is 4.79 Å². The number of rotatable bonds is 10. The van der Waals surface area contributed by atoms with Crippen LogP contribution in [0.3, 0.4) is 0 Å². The van der Waals surface area contributed by atoms with E-state index in [-0.39, 0.29) is 6.09 Å². The van der Waals surface area contributed by atoms with Crippen LogP contribution in [0.15, 0.2) is 30.3 Å². The summed E-state index contributed by atoms with van der Waals surface area (Å²) in [5, 5.41) is 0. The van der Waals surface area contributed by atoms with E-state index >= 15 is 0 Å². The van der Waals surface area contributed by atoms with Crippen molar-refractivity contribution in [3.8, 4) is 0 Å². The Morgan fingerprint density at radius 2 is 1.69 bits per heavy atom. The maximum Gasteiger partial charge on any atom is 0.409 e. The molecule has 1 aromatic rings. The third-order valence-corrected chi connectivity index (χ3v) is 4.78. The first-order valence-electron chi connectivity index (χ1n) is 9.71. The maximum atomic E-state index is 12.1. The molecule has 0 spiro atoms. The number of likely N-dealkylation sites (N-methyl/N-ethyl adjacent to an activating group) is 1. The molecule has 0 radical (unpaired) electrons. The predicted molar refractivity (Wildman–Crippen MR) is 103 cm³/mol. The Balaban J connectivity index is 1.54. The van der Waals surface area contributed by atoms with Crippen molar-refractivity contribution in [1.82, 2.24) is 14.7 Å². The zero-order chi connectivity index (χ0) is 18.6. The van der Waals surface area contributed by atoms with Crippen LogP contribution >= 0.6 is 0 Å². The van der Waals surface area contributed by atoms with Crippen molar-refractivity contribution in [1.29, 1.82) is 0 Å². The number of amides is 1. The molecule has 146 valence electrons. The van der Waals surface area contributed by atoms with Crippen molar-refractivity contribution in [3.63, 3.8) is 0 Å². The average molecular weight is 364 g/mol. The van der Waals surface area contributed by atoms with Gasteiger partial charge in [0, 0.05) is 39.3 Å². The number of ether oxygens (including phenoxy) is 2. The Bertz CT molecular complexity index is 500. The monoisotopic (exact) mass is 363 g/mol. The first kappa shape index (κ1) is 20.7. The van der Waals surface area contributed by atoms with Gasteiger partial charge >= 0.3 is 6.09 Å². The van der Waals surface area contributed by atoms with Crippen LogP contribution in [-0.2, 0) is 16.0 Å². The Morgan fingerprint density at radius 1 is 1.00 bits per heavy atom. The van der Waals surface area contributed by atoms with E-state index in [1.807, 2.05) is 6.07 Å². The summed E-state index contributed by atoms with van der Waals surface area (Å²) >= 11 is 0. The van der Waals surface area contributed by atoms with Crippen LogP contribution < -0.4 is 0 Å². The van der Waals surface area contributed by atoms with Gasteiger partial charge in [-0.2, -0.15) is 0 Å². The molecule has 1 aliphatic heterocycles. The molecule has 0 bridgehead atoms. The zero-order valence-corrected chi connectivity index (χ0v) is 16.2. The summed E-state index contributed by atoms with van der Waals surface area (Å²) in [5.41, 5.74) is 1.31. The lowest BCUT2D eigenvalue weighted by atomic mass is 10.2. The summed E-state index contributed by atoms with van der Waals surface area (Å²) in [6.07, 6.45) is -0.225. The molecule has 6 nitrogen and oxygen atoms in total. The quantitative estimate of drug-likeness (QED) is 0.597. The molecule has 6 heteroatoms. The topological polar surface area (TPSA) is 45.3 Å². The Labute approximate surface area is 157 Å². The maximum absolute atomic E-state index is 12.1. The molecule has 0 atom stereocenters. The molecule has 0 aromatic heterocycles. The predicted octanol–water partition coefficient (Wildman–Crippen LogP) is 2.30. The van der Waals surface area contributed by atoms with Crippen molar-refractivity contribution < 1.29 is 14.3 Å². The highest BCUT2D eigenvalue weighted by atomic mass is 16.6. The third kappa shape index (κ3) is 7.32. The van der Waals surface area contributed by atoms with Gasteiger partial charge in [0.1, 0.15) is 6.61 Å². The van der Waals surface area contributed by atoms with Crippen molar-refractivity contribution in [2.75, 3.05) is 65.6 Å². The van der Waals surface area contributed by atoms with Crippen LogP contribution in [0.25, 0.3) is 0 Å². The summed E-state index contributed by atoms with van der Waals surface area (Å²) in [5.74, 6) is 0. The SMILES string of the molecule is CCN(CC)CCOCCOC(=O)N1CCN(Cc2ccccc2)CC1. The summed E-state index contributed by atoms with van der Waals surface area (Å²) in [7, 11) is 0. The lowest BCUT2D eigenvalue weighted by Crippen LogP contribution is -2.48. The Morgan fingerprint density at radius 3 is 2.35 bits per heavy atom. The van der Waals surface area contributed by atoms with Gasteiger partial charge in [-0.05, 0) is 18.7 Å². The van der Waals surface area contributed by atoms with Crippen LogP contribution in [0.1, 0.15) is 19.4 Å². The average Bonchev–Trinajstić information content (AvgIpc) is 2.69. The standard InChI is InChI=1S/C20H33N3O3/c1-3-21(4-2)14-15-25-16-17-26-20(24)23-12-10-22(11-13-23)18-19-8-6-5-7-9-19/h5-9H,3-4,10-18H2,1-2H3. The smallest absolute Gasteiger partial charge is 0.409 e. The van der Waals surface area contributed by atoms with E-state index in [4.69, 9.17) is 9.47 Å². The summed E-state index contributed by atoms with van der Waals surface area (Å²) < 4.78 is 10.9. The van der Waals surface area contributed by atoms with E-state index in [2.05, 4.69) is 47.9 Å². The Kier molecular flexibility index (Phi) is 9.45. The fourth-order valence-electron chi connectivity index (χ4n) is 3.04. The van der Waals surface area contributed by atoms with Crippen molar-refractivity contribution in [3.05, 3.63) is 35.9 Å². The molecule has 2 rings (SSSR count). The summed E-state index contributed by atoms with van der Waals surface area (Å²) in [6.45, 7) is 12.9. The van der Waals surface area contributed by atoms with Gasteiger partial charge in [0.2, 0.25) is 0 Å². The van der Waals surface area contributed by atoms with Crippen molar-refractivity contribution >= 4 is 6.09 Å². The van der Waals surface area contributed by atoms with Gasteiger partial charge in [0.15, 0.2) is 0 Å². The molecule has 1 aromatic carbocycles. The molecule has 26 heavy (non-hydrogen) atoms. The molecule has 1 amide bonds. The normalized spacial score (nSPS) is 15.4. The number of carbonyl (C=O) groups is 1. The minimum Gasteiger partial charge on any atom is -0.447 e. The van der Waals surface area contributed by atoms with E-state index in [1.54, 1.807) is 4.90 Å². The van der Waals surface area contributed by atoms with Crippen LogP contribution in [0.5, 0.6) is 0 Å². The van der Waals surface area contributed by atoms with Gasteiger partial charge < -0.3 is 19.3 Å². The van der Waals surface area contributed by atoms with E-state index in [0.29, 0.717) is 32.9 Å². The van der Waals surface area contributed by atoms with E-state index in [0.717, 1.165) is 39.3 Å². The highest BCUT2D eigenvalue weighted by Gasteiger charge is 2.22. The van der Waals surface area contributed by atoms with Crippen LogP contribution in [0.2, 0.25) is 0 Å². The molecule has 1 aliphatic rings. The first-order valence-corrected chi connectivity index (χ1v) is 9.71. The molecule has 0 unspecified atom stereocenters. The lowest BCUT2D eigenvalue weighted by molar-refractivity contribution is 0.0384. The molecule has 1 saturated heterocycles. The first-order chi connectivity index (χ1) is 12.7. The van der Waals surface area contributed by atoms with Gasteiger partial charge in [-0.3, -0.25) is 4.90 Å². The lowest BCUT2D eigenvalue weighted by Gasteiger charge is -2.34. The number of carbonyl (C=O) groups excluding carboxylic acids is 1. The molecule has 0 aliphatic carbocycles. The summed E-state index contributed by atoms with van der Waals surface area (Å²) in [6, 6.07) is 10.4. The second-order valence-electron chi connectivity index (χ2n) is 6.50. The van der Waals surface area contributed by atoms with Crippen molar-refractivity contribution in [2.45, 2.75) is 20.4 Å². The fourth-order valence-corrected chi connectivity index (χ4v) is 3.04. The van der Waals surface area contributed by atoms with E-state index < -0.39 is 0 Å². The summed E-state index contributed by atoms with van der Waals surface area (Å²) in [4.78, 5) is 18.6. The number of nitrogens with zero attached hydrogens (tertiary/aromatic N) is 3. The number of piperazine rings is 1. The number of benzene rings is 1. The number of hydrogen-bond donors (Lipinski definition) is 0. The van der Waals surface area contributed by atoms with Gasteiger partial charge in [0.25, 0.3) is 0 Å². The highest BCUT2D eigenvalue weighted by Crippen LogP contribution is 2.09. The highest BCUT2D eigenvalue weighted by molar-refractivity contribution is 5.67.